The maximum absolute atomic E-state index is 12.2. The van der Waals surface area contributed by atoms with Crippen LogP contribution in [-0.4, -0.2) is 73.1 Å². The molecule has 0 aromatic carbocycles. The van der Waals surface area contributed by atoms with E-state index in [0.717, 1.165) is 64.3 Å². The zero-order valence-corrected chi connectivity index (χ0v) is 28.3. The van der Waals surface area contributed by atoms with E-state index in [4.69, 9.17) is 4.74 Å². The molecule has 0 radical (unpaired) electrons. The van der Waals surface area contributed by atoms with E-state index in [1.165, 1.54) is 96.3 Å². The fourth-order valence-electron chi connectivity index (χ4n) is 5.21. The van der Waals surface area contributed by atoms with Crippen LogP contribution < -0.4 is 5.32 Å². The first-order valence-corrected chi connectivity index (χ1v) is 18.0. The zero-order valence-electron chi connectivity index (χ0n) is 28.3. The summed E-state index contributed by atoms with van der Waals surface area (Å²) >= 11 is 0. The minimum Gasteiger partial charge on any atom is -0.394 e. The number of nitrogens with zero attached hydrogens (tertiary/aromatic N) is 1. The molecule has 1 atom stereocenters. The minimum absolute atomic E-state index is 0.144. The Hall–Kier alpha value is -0.950. The van der Waals surface area contributed by atoms with E-state index in [1.807, 2.05) is 0 Å². The van der Waals surface area contributed by atoms with Gasteiger partial charge in [0.25, 0.3) is 0 Å². The summed E-state index contributed by atoms with van der Waals surface area (Å²) in [4.78, 5) is 14.4. The zero-order chi connectivity index (χ0) is 30.9. The Labute approximate surface area is 261 Å². The van der Waals surface area contributed by atoms with E-state index < -0.39 is 6.10 Å². The highest BCUT2D eigenvalue weighted by molar-refractivity contribution is 5.75. The van der Waals surface area contributed by atoms with Gasteiger partial charge >= 0.3 is 0 Å². The average molecular weight is 597 g/mol. The lowest BCUT2D eigenvalue weighted by Crippen LogP contribution is -2.37. The largest absolute Gasteiger partial charge is 0.394 e. The van der Waals surface area contributed by atoms with Crippen LogP contribution in [0.5, 0.6) is 0 Å². The summed E-state index contributed by atoms with van der Waals surface area (Å²) in [5.41, 5.74) is 0. The lowest BCUT2D eigenvalue weighted by molar-refractivity contribution is -0.121. The highest BCUT2D eigenvalue weighted by Gasteiger charge is 2.11. The van der Waals surface area contributed by atoms with Crippen molar-refractivity contribution >= 4 is 5.91 Å². The molecule has 1 amide bonds. The fourth-order valence-corrected chi connectivity index (χ4v) is 5.21. The van der Waals surface area contributed by atoms with Crippen LogP contribution in [0.15, 0.2) is 12.2 Å². The molecule has 0 aliphatic rings. The molecule has 6 heteroatoms. The third-order valence-electron chi connectivity index (χ3n) is 7.90. The van der Waals surface area contributed by atoms with Crippen molar-refractivity contribution in [1.29, 1.82) is 0 Å². The van der Waals surface area contributed by atoms with Gasteiger partial charge in [-0.25, -0.2) is 0 Å². The first kappa shape index (κ1) is 41.0. The quantitative estimate of drug-likeness (QED) is 0.0525. The molecule has 0 saturated heterocycles. The molecular formula is C36H72N2O4. The smallest absolute Gasteiger partial charge is 0.219 e. The minimum atomic E-state index is -0.729. The predicted molar refractivity (Wildman–Crippen MR) is 180 cm³/mol. The monoisotopic (exact) mass is 597 g/mol. The second kappa shape index (κ2) is 33.0. The number of aliphatic hydroxyl groups is 2. The Bertz CT molecular complexity index is 585. The second-order valence-corrected chi connectivity index (χ2v) is 12.7. The third kappa shape index (κ3) is 32.0. The van der Waals surface area contributed by atoms with Crippen molar-refractivity contribution in [3.05, 3.63) is 12.2 Å². The number of nitrogens with one attached hydrogen (secondary N) is 1. The van der Waals surface area contributed by atoms with E-state index >= 15 is 0 Å². The standard InChI is InChI=1S/C36H72N2O4/c1-4-5-6-7-8-9-10-11-15-18-21-26-36(41)37-27-23-28-38(32-35(40)33-39)29-24-31-42-30-22-19-16-13-12-14-17-20-25-34(2)3/h7-8,34-35,39-40H,4-6,9-33H2,1-3H3,(H,37,41)/b8-7-. The Morgan fingerprint density at radius 2 is 1.33 bits per heavy atom. The molecule has 0 saturated carbocycles. The average Bonchev–Trinajstić information content (AvgIpc) is 2.97. The van der Waals surface area contributed by atoms with Crippen LogP contribution in [0, 0.1) is 5.92 Å². The first-order valence-electron chi connectivity index (χ1n) is 18.0. The topological polar surface area (TPSA) is 82.0 Å². The molecule has 0 fully saturated rings. The number of hydrogen-bond acceptors (Lipinski definition) is 5. The van der Waals surface area contributed by atoms with Gasteiger partial charge in [0.05, 0.1) is 12.7 Å². The molecule has 42 heavy (non-hydrogen) atoms. The molecular weight excluding hydrogens is 524 g/mol. The first-order chi connectivity index (χ1) is 20.5. The van der Waals surface area contributed by atoms with Gasteiger partial charge in [0, 0.05) is 39.3 Å². The number of amides is 1. The molecule has 3 N–H and O–H groups in total. The van der Waals surface area contributed by atoms with Gasteiger partial charge < -0.3 is 25.2 Å². The molecule has 1 unspecified atom stereocenters. The Kier molecular flexibility index (Phi) is 32.2. The molecule has 0 heterocycles. The number of allylic oxidation sites excluding steroid dienone is 2. The predicted octanol–water partition coefficient (Wildman–Crippen LogP) is 8.20. The summed E-state index contributed by atoms with van der Waals surface area (Å²) < 4.78 is 5.85. The van der Waals surface area contributed by atoms with Gasteiger partial charge in [-0.1, -0.05) is 116 Å². The Morgan fingerprint density at radius 1 is 0.762 bits per heavy atom. The maximum atomic E-state index is 12.2. The van der Waals surface area contributed by atoms with Gasteiger partial charge in [-0.15, -0.1) is 0 Å². The van der Waals surface area contributed by atoms with Crippen LogP contribution in [-0.2, 0) is 9.53 Å². The van der Waals surface area contributed by atoms with Crippen LogP contribution >= 0.6 is 0 Å². The van der Waals surface area contributed by atoms with E-state index in [1.54, 1.807) is 0 Å². The normalized spacial score (nSPS) is 12.6. The summed E-state index contributed by atoms with van der Waals surface area (Å²) in [6.07, 6.45) is 29.0. The molecule has 6 nitrogen and oxygen atoms in total. The summed E-state index contributed by atoms with van der Waals surface area (Å²) in [5, 5.41) is 22.3. The Morgan fingerprint density at radius 3 is 2.00 bits per heavy atom. The third-order valence-corrected chi connectivity index (χ3v) is 7.90. The van der Waals surface area contributed by atoms with Gasteiger partial charge in [-0.3, -0.25) is 4.79 Å². The van der Waals surface area contributed by atoms with Crippen molar-refractivity contribution in [3.63, 3.8) is 0 Å². The molecule has 0 aromatic rings. The number of unbranched alkanes of at least 4 members (excludes halogenated alkanes) is 14. The van der Waals surface area contributed by atoms with E-state index in [0.29, 0.717) is 19.5 Å². The van der Waals surface area contributed by atoms with Gasteiger partial charge in [-0.2, -0.15) is 0 Å². The van der Waals surface area contributed by atoms with Crippen molar-refractivity contribution < 1.29 is 19.7 Å². The van der Waals surface area contributed by atoms with Crippen LogP contribution in [0.1, 0.15) is 156 Å². The number of rotatable bonds is 33. The summed E-state index contributed by atoms with van der Waals surface area (Å²) in [6, 6.07) is 0. The van der Waals surface area contributed by atoms with Crippen molar-refractivity contribution in [1.82, 2.24) is 10.2 Å². The number of ether oxygens (including phenoxy) is 1. The van der Waals surface area contributed by atoms with Crippen LogP contribution in [0.4, 0.5) is 0 Å². The van der Waals surface area contributed by atoms with Gasteiger partial charge in [0.1, 0.15) is 0 Å². The maximum Gasteiger partial charge on any atom is 0.219 e. The molecule has 0 spiro atoms. The SMILES string of the molecule is CCCC/C=C\CCCCCCCC(=O)NCCCN(CCCOCCCCCCCCCCC(C)C)CC(O)CO. The lowest BCUT2D eigenvalue weighted by Gasteiger charge is -2.24. The summed E-state index contributed by atoms with van der Waals surface area (Å²) in [5.74, 6) is 0.984. The summed E-state index contributed by atoms with van der Waals surface area (Å²) in [6.45, 7) is 10.9. The highest BCUT2D eigenvalue weighted by Crippen LogP contribution is 2.13. The fraction of sp³-hybridized carbons (Fsp3) is 0.917. The lowest BCUT2D eigenvalue weighted by atomic mass is 10.0. The molecule has 0 aromatic heterocycles. The van der Waals surface area contributed by atoms with Gasteiger partial charge in [0.15, 0.2) is 0 Å². The number of carbonyl (C=O) groups is 1. The van der Waals surface area contributed by atoms with Crippen molar-refractivity contribution in [2.24, 2.45) is 5.92 Å². The van der Waals surface area contributed by atoms with Crippen LogP contribution in [0.2, 0.25) is 0 Å². The van der Waals surface area contributed by atoms with Gasteiger partial charge in [0.2, 0.25) is 5.91 Å². The van der Waals surface area contributed by atoms with Crippen LogP contribution in [0.3, 0.4) is 0 Å². The molecule has 0 aliphatic carbocycles. The molecule has 250 valence electrons. The molecule has 0 aliphatic heterocycles. The number of hydrogen-bond donors (Lipinski definition) is 3. The van der Waals surface area contributed by atoms with E-state index in [-0.39, 0.29) is 12.5 Å². The van der Waals surface area contributed by atoms with Crippen molar-refractivity contribution in [3.8, 4) is 0 Å². The van der Waals surface area contributed by atoms with E-state index in [2.05, 4.69) is 43.1 Å². The van der Waals surface area contributed by atoms with Crippen molar-refractivity contribution in [2.45, 2.75) is 162 Å². The van der Waals surface area contributed by atoms with Crippen LogP contribution in [0.25, 0.3) is 0 Å². The Balaban J connectivity index is 3.73. The number of aliphatic hydroxyl groups excluding tert-OH is 2. The highest BCUT2D eigenvalue weighted by atomic mass is 16.5. The van der Waals surface area contributed by atoms with Crippen molar-refractivity contribution in [2.75, 3.05) is 46.0 Å². The molecule has 0 bridgehead atoms. The van der Waals surface area contributed by atoms with Gasteiger partial charge in [-0.05, 0) is 57.4 Å². The second-order valence-electron chi connectivity index (χ2n) is 12.7. The van der Waals surface area contributed by atoms with E-state index in [9.17, 15) is 15.0 Å². The summed E-state index contributed by atoms with van der Waals surface area (Å²) in [7, 11) is 0. The molecule has 0 rings (SSSR count). The number of carbonyl (C=O) groups excluding carboxylic acids is 1.